The molecule has 0 saturated heterocycles. The van der Waals surface area contributed by atoms with Crippen LogP contribution < -0.4 is 15.0 Å². The monoisotopic (exact) mass is 232 g/mol. The minimum Gasteiger partial charge on any atom is -0.497 e. The molecule has 17 heavy (non-hydrogen) atoms. The number of hydrogen-bond donors (Lipinski definition) is 1. The van der Waals surface area contributed by atoms with E-state index in [1.807, 2.05) is 6.07 Å². The fourth-order valence-electron chi connectivity index (χ4n) is 3.05. The van der Waals surface area contributed by atoms with Gasteiger partial charge in [0.2, 0.25) is 0 Å². The topological polar surface area (TPSA) is 24.5 Å². The maximum atomic E-state index is 5.34. The van der Waals surface area contributed by atoms with Crippen molar-refractivity contribution < 1.29 is 4.74 Å². The first-order valence-corrected chi connectivity index (χ1v) is 6.57. The SMILES string of the molecule is COc1ccc2c(c1)N(C1CCCC1)CCN2. The van der Waals surface area contributed by atoms with E-state index < -0.39 is 0 Å². The summed E-state index contributed by atoms with van der Waals surface area (Å²) in [5.74, 6) is 0.954. The maximum absolute atomic E-state index is 5.34. The van der Waals surface area contributed by atoms with E-state index >= 15 is 0 Å². The fraction of sp³-hybridized carbons (Fsp3) is 0.571. The summed E-state index contributed by atoms with van der Waals surface area (Å²) in [5, 5.41) is 3.47. The lowest BCUT2D eigenvalue weighted by Gasteiger charge is -2.36. The van der Waals surface area contributed by atoms with Crippen LogP contribution in [-0.2, 0) is 0 Å². The standard InChI is InChI=1S/C14H20N2O/c1-17-12-6-7-13-14(10-12)16(9-8-15-13)11-4-2-3-5-11/h6-7,10-11,15H,2-5,8-9H2,1H3. The highest BCUT2D eigenvalue weighted by atomic mass is 16.5. The van der Waals surface area contributed by atoms with E-state index in [0.29, 0.717) is 0 Å². The van der Waals surface area contributed by atoms with Crippen molar-refractivity contribution in [3.05, 3.63) is 18.2 Å². The lowest BCUT2D eigenvalue weighted by molar-refractivity contribution is 0.414. The van der Waals surface area contributed by atoms with Gasteiger partial charge in [0.25, 0.3) is 0 Å². The Morgan fingerprint density at radius 1 is 1.29 bits per heavy atom. The average Bonchev–Trinajstić information content (AvgIpc) is 2.91. The predicted octanol–water partition coefficient (Wildman–Crippen LogP) is 2.87. The smallest absolute Gasteiger partial charge is 0.121 e. The Morgan fingerprint density at radius 2 is 2.12 bits per heavy atom. The van der Waals surface area contributed by atoms with Crippen molar-refractivity contribution in [1.82, 2.24) is 0 Å². The van der Waals surface area contributed by atoms with Crippen molar-refractivity contribution in [3.8, 4) is 5.75 Å². The normalized spacial score (nSPS) is 19.9. The van der Waals surface area contributed by atoms with Gasteiger partial charge in [-0.05, 0) is 25.0 Å². The Hall–Kier alpha value is -1.38. The highest BCUT2D eigenvalue weighted by Crippen LogP contribution is 2.37. The fourth-order valence-corrected chi connectivity index (χ4v) is 3.05. The minimum absolute atomic E-state index is 0.739. The van der Waals surface area contributed by atoms with E-state index in [-0.39, 0.29) is 0 Å². The molecule has 0 atom stereocenters. The first-order chi connectivity index (χ1) is 8.38. The minimum atomic E-state index is 0.739. The second kappa shape index (κ2) is 4.47. The lowest BCUT2D eigenvalue weighted by atomic mass is 10.1. The van der Waals surface area contributed by atoms with Crippen LogP contribution in [0.3, 0.4) is 0 Å². The molecule has 3 nitrogen and oxygen atoms in total. The number of fused-ring (bicyclic) bond motifs is 1. The van der Waals surface area contributed by atoms with Crippen molar-refractivity contribution in [2.45, 2.75) is 31.7 Å². The predicted molar refractivity (Wildman–Crippen MR) is 71.1 cm³/mol. The van der Waals surface area contributed by atoms with Crippen LogP contribution in [0.5, 0.6) is 5.75 Å². The number of methoxy groups -OCH3 is 1. The Kier molecular flexibility index (Phi) is 2.83. The number of nitrogens with zero attached hydrogens (tertiary/aromatic N) is 1. The van der Waals surface area contributed by atoms with Crippen molar-refractivity contribution in [2.75, 3.05) is 30.4 Å². The first kappa shape index (κ1) is 10.8. The molecule has 1 heterocycles. The van der Waals surface area contributed by atoms with Crippen molar-refractivity contribution in [1.29, 1.82) is 0 Å². The van der Waals surface area contributed by atoms with Gasteiger partial charge in [-0.2, -0.15) is 0 Å². The maximum Gasteiger partial charge on any atom is 0.121 e. The molecule has 1 aromatic rings. The second-order valence-electron chi connectivity index (χ2n) is 4.94. The van der Waals surface area contributed by atoms with Crippen molar-refractivity contribution >= 4 is 11.4 Å². The molecule has 0 bridgehead atoms. The number of ether oxygens (including phenoxy) is 1. The molecule has 0 amide bonds. The van der Waals surface area contributed by atoms with Crippen LogP contribution >= 0.6 is 0 Å². The molecular formula is C14H20N2O. The number of nitrogens with one attached hydrogen (secondary N) is 1. The van der Waals surface area contributed by atoms with Gasteiger partial charge in [-0.15, -0.1) is 0 Å². The van der Waals surface area contributed by atoms with E-state index in [0.717, 1.165) is 24.9 Å². The summed E-state index contributed by atoms with van der Waals surface area (Å²) < 4.78 is 5.34. The number of hydrogen-bond acceptors (Lipinski definition) is 3. The first-order valence-electron chi connectivity index (χ1n) is 6.57. The van der Waals surface area contributed by atoms with Crippen LogP contribution in [0.15, 0.2) is 18.2 Å². The highest BCUT2D eigenvalue weighted by molar-refractivity contribution is 5.74. The molecule has 92 valence electrons. The van der Waals surface area contributed by atoms with Gasteiger partial charge in [0, 0.05) is 25.2 Å². The van der Waals surface area contributed by atoms with Crippen molar-refractivity contribution in [3.63, 3.8) is 0 Å². The van der Waals surface area contributed by atoms with Crippen LogP contribution in [0.2, 0.25) is 0 Å². The summed E-state index contributed by atoms with van der Waals surface area (Å²) in [5.41, 5.74) is 2.58. The van der Waals surface area contributed by atoms with E-state index in [4.69, 9.17) is 4.74 Å². The van der Waals surface area contributed by atoms with E-state index in [9.17, 15) is 0 Å². The zero-order valence-corrected chi connectivity index (χ0v) is 10.4. The zero-order chi connectivity index (χ0) is 11.7. The molecule has 1 aliphatic heterocycles. The third kappa shape index (κ3) is 1.94. The van der Waals surface area contributed by atoms with Gasteiger partial charge in [-0.3, -0.25) is 0 Å². The molecule has 1 N–H and O–H groups in total. The molecule has 0 spiro atoms. The molecule has 3 rings (SSSR count). The summed E-state index contributed by atoms with van der Waals surface area (Å²) in [6.07, 6.45) is 5.45. The van der Waals surface area contributed by atoms with E-state index in [1.54, 1.807) is 7.11 Å². The summed E-state index contributed by atoms with van der Waals surface area (Å²) in [7, 11) is 1.73. The van der Waals surface area contributed by atoms with Crippen LogP contribution in [0, 0.1) is 0 Å². The highest BCUT2D eigenvalue weighted by Gasteiger charge is 2.26. The van der Waals surface area contributed by atoms with Gasteiger partial charge in [0.05, 0.1) is 18.5 Å². The largest absolute Gasteiger partial charge is 0.497 e. The molecule has 1 fully saturated rings. The van der Waals surface area contributed by atoms with Gasteiger partial charge in [0.15, 0.2) is 0 Å². The molecule has 1 aliphatic carbocycles. The number of anilines is 2. The van der Waals surface area contributed by atoms with Crippen molar-refractivity contribution in [2.24, 2.45) is 0 Å². The summed E-state index contributed by atoms with van der Waals surface area (Å²) in [6, 6.07) is 7.07. The van der Waals surface area contributed by atoms with E-state index in [2.05, 4.69) is 22.3 Å². The number of rotatable bonds is 2. The molecule has 0 unspecified atom stereocenters. The molecule has 0 aromatic heterocycles. The Labute approximate surface area is 103 Å². The average molecular weight is 232 g/mol. The van der Waals surface area contributed by atoms with Crippen LogP contribution in [0.4, 0.5) is 11.4 Å². The lowest BCUT2D eigenvalue weighted by Crippen LogP contribution is -2.40. The quantitative estimate of drug-likeness (QED) is 0.848. The summed E-state index contributed by atoms with van der Waals surface area (Å²) >= 11 is 0. The van der Waals surface area contributed by atoms with Crippen LogP contribution in [-0.4, -0.2) is 26.2 Å². The van der Waals surface area contributed by atoms with Gasteiger partial charge in [-0.1, -0.05) is 12.8 Å². The third-order valence-corrected chi connectivity index (χ3v) is 3.95. The molecule has 1 saturated carbocycles. The number of benzene rings is 1. The Morgan fingerprint density at radius 3 is 2.88 bits per heavy atom. The summed E-state index contributed by atoms with van der Waals surface area (Å²) in [6.45, 7) is 2.17. The van der Waals surface area contributed by atoms with Gasteiger partial charge >= 0.3 is 0 Å². The molecular weight excluding hydrogens is 212 g/mol. The van der Waals surface area contributed by atoms with Gasteiger partial charge < -0.3 is 15.0 Å². The molecule has 3 heteroatoms. The third-order valence-electron chi connectivity index (χ3n) is 3.95. The van der Waals surface area contributed by atoms with Gasteiger partial charge in [0.1, 0.15) is 5.75 Å². The van der Waals surface area contributed by atoms with Gasteiger partial charge in [-0.25, -0.2) is 0 Å². The molecule has 2 aliphatic rings. The zero-order valence-electron chi connectivity index (χ0n) is 10.4. The van der Waals surface area contributed by atoms with Crippen LogP contribution in [0.1, 0.15) is 25.7 Å². The Balaban J connectivity index is 1.93. The second-order valence-corrected chi connectivity index (χ2v) is 4.94. The van der Waals surface area contributed by atoms with E-state index in [1.165, 1.54) is 37.1 Å². The molecule has 1 aromatic carbocycles. The Bertz CT molecular complexity index is 399. The summed E-state index contributed by atoms with van der Waals surface area (Å²) in [4.78, 5) is 2.57. The van der Waals surface area contributed by atoms with Crippen LogP contribution in [0.25, 0.3) is 0 Å². The molecule has 0 radical (unpaired) electrons.